The fourth-order valence-corrected chi connectivity index (χ4v) is 2.12. The number of nitrogens with one attached hydrogen (secondary N) is 1. The van der Waals surface area contributed by atoms with Crippen LogP contribution in [0.2, 0.25) is 0 Å². The largest absolute Gasteiger partial charge is 0.481 e. The molecule has 68 valence electrons. The van der Waals surface area contributed by atoms with Crippen molar-refractivity contribution < 1.29 is 14.6 Å². The molecule has 4 heteroatoms. The molecule has 0 aromatic heterocycles. The molecular formula is C8H13NO3. The predicted molar refractivity (Wildman–Crippen MR) is 41.8 cm³/mol. The summed E-state index contributed by atoms with van der Waals surface area (Å²) in [6.45, 7) is 2.09. The fraction of sp³-hybridized carbons (Fsp3) is 0.875. The summed E-state index contributed by atoms with van der Waals surface area (Å²) < 4.78 is 5.25. The van der Waals surface area contributed by atoms with Gasteiger partial charge in [0, 0.05) is 12.0 Å². The molecule has 0 amide bonds. The summed E-state index contributed by atoms with van der Waals surface area (Å²) in [6, 6.07) is 0.278. The van der Waals surface area contributed by atoms with Crippen LogP contribution in [0.15, 0.2) is 0 Å². The van der Waals surface area contributed by atoms with Gasteiger partial charge >= 0.3 is 5.97 Å². The molecule has 2 rings (SSSR count). The number of fused-ring (bicyclic) bond motifs is 1. The van der Waals surface area contributed by atoms with Crippen molar-refractivity contribution in [3.8, 4) is 0 Å². The maximum Gasteiger partial charge on any atom is 0.306 e. The van der Waals surface area contributed by atoms with E-state index in [1.165, 1.54) is 0 Å². The molecule has 0 aromatic rings. The Kier molecular flexibility index (Phi) is 2.02. The number of ether oxygens (including phenoxy) is 1. The maximum absolute atomic E-state index is 10.8. The highest BCUT2D eigenvalue weighted by molar-refractivity contribution is 5.70. The van der Waals surface area contributed by atoms with Crippen molar-refractivity contribution in [1.29, 1.82) is 0 Å². The standard InChI is InChI=1S/C8H13NO3/c10-8(11)5-1-2-9-7-4-12-3-6(5)7/h5-7,9H,1-4H2,(H,10,11)/t5-,6-,7+/m1/s1. The number of rotatable bonds is 1. The van der Waals surface area contributed by atoms with E-state index in [4.69, 9.17) is 9.84 Å². The van der Waals surface area contributed by atoms with Crippen LogP contribution >= 0.6 is 0 Å². The molecule has 0 aromatic carbocycles. The average molecular weight is 171 g/mol. The number of carboxylic acid groups (broad SMARTS) is 1. The first-order valence-electron chi connectivity index (χ1n) is 4.33. The molecule has 0 radical (unpaired) electrons. The van der Waals surface area contributed by atoms with Crippen LogP contribution in [0.1, 0.15) is 6.42 Å². The zero-order chi connectivity index (χ0) is 8.55. The topological polar surface area (TPSA) is 58.6 Å². The second-order valence-corrected chi connectivity index (χ2v) is 3.50. The van der Waals surface area contributed by atoms with Crippen molar-refractivity contribution in [2.45, 2.75) is 12.5 Å². The number of hydrogen-bond acceptors (Lipinski definition) is 3. The van der Waals surface area contributed by atoms with Gasteiger partial charge in [-0.1, -0.05) is 0 Å². The Balaban J connectivity index is 2.08. The zero-order valence-corrected chi connectivity index (χ0v) is 6.82. The van der Waals surface area contributed by atoms with E-state index in [9.17, 15) is 4.79 Å². The van der Waals surface area contributed by atoms with Crippen LogP contribution < -0.4 is 5.32 Å². The Bertz CT molecular complexity index is 195. The van der Waals surface area contributed by atoms with Crippen LogP contribution in [0.4, 0.5) is 0 Å². The molecular weight excluding hydrogens is 158 g/mol. The van der Waals surface area contributed by atoms with Gasteiger partial charge in [-0.3, -0.25) is 4.79 Å². The van der Waals surface area contributed by atoms with Crippen molar-refractivity contribution in [3.63, 3.8) is 0 Å². The van der Waals surface area contributed by atoms with Crippen molar-refractivity contribution in [1.82, 2.24) is 5.32 Å². The van der Waals surface area contributed by atoms with Crippen molar-refractivity contribution in [2.24, 2.45) is 11.8 Å². The lowest BCUT2D eigenvalue weighted by atomic mass is 9.83. The molecule has 2 aliphatic heterocycles. The quantitative estimate of drug-likeness (QED) is 0.568. The highest BCUT2D eigenvalue weighted by Gasteiger charge is 2.40. The van der Waals surface area contributed by atoms with Crippen LogP contribution in [0.5, 0.6) is 0 Å². The first kappa shape index (κ1) is 8.01. The van der Waals surface area contributed by atoms with Gasteiger partial charge in [-0.15, -0.1) is 0 Å². The predicted octanol–water partition coefficient (Wildman–Crippen LogP) is -0.304. The van der Waals surface area contributed by atoms with Gasteiger partial charge in [-0.2, -0.15) is 0 Å². The Morgan fingerprint density at radius 1 is 1.50 bits per heavy atom. The minimum atomic E-state index is -0.669. The third-order valence-corrected chi connectivity index (χ3v) is 2.82. The summed E-state index contributed by atoms with van der Waals surface area (Å²) in [4.78, 5) is 10.8. The lowest BCUT2D eigenvalue weighted by Crippen LogP contribution is -2.47. The smallest absolute Gasteiger partial charge is 0.306 e. The lowest BCUT2D eigenvalue weighted by molar-refractivity contribution is -0.144. The number of aliphatic carboxylic acids is 1. The molecule has 0 unspecified atom stereocenters. The highest BCUT2D eigenvalue weighted by Crippen LogP contribution is 2.28. The van der Waals surface area contributed by atoms with E-state index in [-0.39, 0.29) is 17.9 Å². The third-order valence-electron chi connectivity index (χ3n) is 2.82. The van der Waals surface area contributed by atoms with Gasteiger partial charge in [0.1, 0.15) is 0 Å². The van der Waals surface area contributed by atoms with E-state index >= 15 is 0 Å². The molecule has 2 N–H and O–H groups in total. The van der Waals surface area contributed by atoms with Gasteiger partial charge < -0.3 is 15.2 Å². The Morgan fingerprint density at radius 3 is 3.08 bits per heavy atom. The molecule has 2 heterocycles. The molecule has 4 nitrogen and oxygen atoms in total. The number of carboxylic acids is 1. The first-order chi connectivity index (χ1) is 5.79. The van der Waals surface area contributed by atoms with Crippen molar-refractivity contribution in [2.75, 3.05) is 19.8 Å². The molecule has 0 bridgehead atoms. The summed E-state index contributed by atoms with van der Waals surface area (Å²) in [6.07, 6.45) is 0.736. The van der Waals surface area contributed by atoms with E-state index in [2.05, 4.69) is 5.32 Å². The Morgan fingerprint density at radius 2 is 2.33 bits per heavy atom. The molecule has 0 saturated carbocycles. The number of carbonyl (C=O) groups is 1. The lowest BCUT2D eigenvalue weighted by Gasteiger charge is -2.30. The van der Waals surface area contributed by atoms with Crippen molar-refractivity contribution >= 4 is 5.97 Å². The highest BCUT2D eigenvalue weighted by atomic mass is 16.5. The minimum Gasteiger partial charge on any atom is -0.481 e. The van der Waals surface area contributed by atoms with Gasteiger partial charge in [0.05, 0.1) is 19.1 Å². The number of hydrogen-bond donors (Lipinski definition) is 2. The molecule has 0 spiro atoms. The average Bonchev–Trinajstić information content (AvgIpc) is 2.49. The summed E-state index contributed by atoms with van der Waals surface area (Å²) in [5.74, 6) is -0.674. The first-order valence-corrected chi connectivity index (χ1v) is 4.33. The molecule has 12 heavy (non-hydrogen) atoms. The van der Waals surface area contributed by atoms with E-state index < -0.39 is 5.97 Å². The van der Waals surface area contributed by atoms with Gasteiger partial charge in [0.15, 0.2) is 0 Å². The van der Waals surface area contributed by atoms with Crippen LogP contribution in [0, 0.1) is 11.8 Å². The van der Waals surface area contributed by atoms with Gasteiger partial charge in [0.2, 0.25) is 0 Å². The molecule has 0 aliphatic carbocycles. The summed E-state index contributed by atoms with van der Waals surface area (Å²) in [5.41, 5.74) is 0. The van der Waals surface area contributed by atoms with Crippen LogP contribution in [-0.2, 0) is 9.53 Å². The van der Waals surface area contributed by atoms with Gasteiger partial charge in [0.25, 0.3) is 0 Å². The van der Waals surface area contributed by atoms with Crippen molar-refractivity contribution in [3.05, 3.63) is 0 Å². The normalized spacial score (nSPS) is 40.8. The maximum atomic E-state index is 10.8. The monoisotopic (exact) mass is 171 g/mol. The molecule has 2 aliphatic rings. The molecule has 2 fully saturated rings. The molecule has 2 saturated heterocycles. The Hall–Kier alpha value is -0.610. The van der Waals surface area contributed by atoms with Gasteiger partial charge in [-0.05, 0) is 13.0 Å². The second-order valence-electron chi connectivity index (χ2n) is 3.50. The number of piperidine rings is 1. The second kappa shape index (κ2) is 3.03. The Labute approximate surface area is 70.9 Å². The van der Waals surface area contributed by atoms with E-state index in [0.29, 0.717) is 13.2 Å². The van der Waals surface area contributed by atoms with E-state index in [0.717, 1.165) is 13.0 Å². The summed E-state index contributed by atoms with van der Waals surface area (Å²) in [7, 11) is 0. The molecule has 3 atom stereocenters. The third kappa shape index (κ3) is 1.21. The SMILES string of the molecule is O=C(O)[C@@H]1CCN[C@H]2COC[C@@H]21. The summed E-state index contributed by atoms with van der Waals surface area (Å²) >= 11 is 0. The summed E-state index contributed by atoms with van der Waals surface area (Å²) in [5, 5.41) is 12.2. The fourth-order valence-electron chi connectivity index (χ4n) is 2.12. The zero-order valence-electron chi connectivity index (χ0n) is 6.82. The van der Waals surface area contributed by atoms with Gasteiger partial charge in [-0.25, -0.2) is 0 Å². The van der Waals surface area contributed by atoms with E-state index in [1.54, 1.807) is 0 Å². The van der Waals surface area contributed by atoms with Crippen LogP contribution in [-0.4, -0.2) is 36.9 Å². The van der Waals surface area contributed by atoms with E-state index in [1.807, 2.05) is 0 Å². The van der Waals surface area contributed by atoms with Crippen LogP contribution in [0.25, 0.3) is 0 Å². The minimum absolute atomic E-state index is 0.191. The van der Waals surface area contributed by atoms with Crippen LogP contribution in [0.3, 0.4) is 0 Å².